The molecular weight excluding hydrogens is 309 g/mol. The fourth-order valence-corrected chi connectivity index (χ4v) is 4.02. The maximum absolute atomic E-state index is 14.1. The van der Waals surface area contributed by atoms with Gasteiger partial charge in [-0.15, -0.1) is 0 Å². The molecule has 0 aromatic heterocycles. The molecule has 0 radical (unpaired) electrons. The minimum atomic E-state index is -0.123. The third-order valence-electron chi connectivity index (χ3n) is 5.19. The van der Waals surface area contributed by atoms with E-state index in [-0.39, 0.29) is 17.7 Å². The highest BCUT2D eigenvalue weighted by molar-refractivity contribution is 6.16. The van der Waals surface area contributed by atoms with Crippen LogP contribution in [0.15, 0.2) is 99.6 Å². The Balaban J connectivity index is 1.75. The van der Waals surface area contributed by atoms with Crippen molar-refractivity contribution in [2.45, 2.75) is 26.7 Å². The van der Waals surface area contributed by atoms with Crippen molar-refractivity contribution in [1.29, 1.82) is 0 Å². The van der Waals surface area contributed by atoms with Crippen molar-refractivity contribution in [2.24, 2.45) is 16.8 Å². The lowest BCUT2D eigenvalue weighted by atomic mass is 9.72. The topological polar surface area (TPSA) is 12.4 Å². The summed E-state index contributed by atoms with van der Waals surface area (Å²) in [6, 6.07) is 0. The molecule has 4 rings (SSSR count). The average Bonchev–Trinajstić information content (AvgIpc) is 2.59. The van der Waals surface area contributed by atoms with Gasteiger partial charge in [-0.3, -0.25) is 4.99 Å². The van der Waals surface area contributed by atoms with Crippen molar-refractivity contribution in [3.8, 4) is 0 Å². The predicted octanol–water partition coefficient (Wildman–Crippen LogP) is 6.09. The van der Waals surface area contributed by atoms with E-state index in [1.165, 1.54) is 22.3 Å². The highest BCUT2D eigenvalue weighted by atomic mass is 19.1. The highest BCUT2D eigenvalue weighted by Crippen LogP contribution is 2.42. The van der Waals surface area contributed by atoms with Gasteiger partial charge in [0.05, 0.1) is 5.71 Å². The molecule has 0 bridgehead atoms. The van der Waals surface area contributed by atoms with Gasteiger partial charge in [0.2, 0.25) is 0 Å². The fraction of sp³-hybridized carbons (Fsp3) is 0.261. The molecule has 1 heterocycles. The van der Waals surface area contributed by atoms with Gasteiger partial charge in [0.15, 0.2) is 0 Å². The molecule has 2 heteroatoms. The Morgan fingerprint density at radius 3 is 2.68 bits per heavy atom. The molecule has 0 aromatic carbocycles. The Kier molecular flexibility index (Phi) is 4.12. The van der Waals surface area contributed by atoms with Crippen LogP contribution in [0.5, 0.6) is 0 Å². The van der Waals surface area contributed by atoms with Crippen molar-refractivity contribution >= 4 is 5.71 Å². The van der Waals surface area contributed by atoms with Gasteiger partial charge in [0, 0.05) is 18.0 Å². The van der Waals surface area contributed by atoms with E-state index in [0.717, 1.165) is 24.1 Å². The van der Waals surface area contributed by atoms with E-state index in [4.69, 9.17) is 4.99 Å². The van der Waals surface area contributed by atoms with Crippen molar-refractivity contribution in [3.63, 3.8) is 0 Å². The summed E-state index contributed by atoms with van der Waals surface area (Å²) in [4.78, 5) is 4.69. The van der Waals surface area contributed by atoms with Crippen LogP contribution in [0.2, 0.25) is 0 Å². The maximum Gasteiger partial charge on any atom is 0.127 e. The molecule has 0 N–H and O–H groups in total. The summed E-state index contributed by atoms with van der Waals surface area (Å²) in [5.41, 5.74) is 6.82. The Morgan fingerprint density at radius 2 is 1.80 bits per heavy atom. The van der Waals surface area contributed by atoms with E-state index in [0.29, 0.717) is 0 Å². The van der Waals surface area contributed by atoms with Crippen LogP contribution in [0.3, 0.4) is 0 Å². The monoisotopic (exact) mass is 331 g/mol. The van der Waals surface area contributed by atoms with Crippen molar-refractivity contribution in [3.05, 3.63) is 94.6 Å². The van der Waals surface area contributed by atoms with Crippen LogP contribution in [-0.2, 0) is 0 Å². The lowest BCUT2D eigenvalue weighted by molar-refractivity contribution is 0.550. The van der Waals surface area contributed by atoms with Crippen LogP contribution in [0, 0.1) is 11.8 Å². The second kappa shape index (κ2) is 6.44. The second-order valence-electron chi connectivity index (χ2n) is 7.09. The third-order valence-corrected chi connectivity index (χ3v) is 5.19. The molecule has 2 unspecified atom stereocenters. The molecular formula is C23H22FN. The zero-order valence-electron chi connectivity index (χ0n) is 14.7. The van der Waals surface area contributed by atoms with E-state index < -0.39 is 0 Å². The van der Waals surface area contributed by atoms with Gasteiger partial charge in [0.25, 0.3) is 0 Å². The lowest BCUT2D eigenvalue weighted by Crippen LogP contribution is -2.27. The summed E-state index contributed by atoms with van der Waals surface area (Å²) in [6.07, 6.45) is 22.3. The zero-order chi connectivity index (χ0) is 17.4. The first-order chi connectivity index (χ1) is 12.1. The number of halogens is 1. The molecule has 0 spiro atoms. The Morgan fingerprint density at radius 1 is 1.00 bits per heavy atom. The Hall–Kier alpha value is -2.48. The van der Waals surface area contributed by atoms with Crippen LogP contribution in [0.1, 0.15) is 26.7 Å². The summed E-state index contributed by atoms with van der Waals surface area (Å²) < 4.78 is 14.1. The lowest BCUT2D eigenvalue weighted by Gasteiger charge is -2.33. The summed E-state index contributed by atoms with van der Waals surface area (Å²) >= 11 is 0. The van der Waals surface area contributed by atoms with Crippen LogP contribution < -0.4 is 0 Å². The number of hydrogen-bond donors (Lipinski definition) is 0. The summed E-state index contributed by atoms with van der Waals surface area (Å²) in [6.45, 7) is 4.32. The van der Waals surface area contributed by atoms with Gasteiger partial charge in [-0.05, 0) is 49.5 Å². The predicted molar refractivity (Wildman–Crippen MR) is 103 cm³/mol. The first kappa shape index (κ1) is 16.0. The molecule has 3 aliphatic carbocycles. The quantitative estimate of drug-likeness (QED) is 0.551. The van der Waals surface area contributed by atoms with E-state index in [2.05, 4.69) is 50.3 Å². The normalized spacial score (nSPS) is 34.3. The molecule has 4 aliphatic rings. The van der Waals surface area contributed by atoms with Crippen LogP contribution >= 0.6 is 0 Å². The number of aliphatic imine (C=N–C) groups is 1. The first-order valence-electron chi connectivity index (χ1n) is 8.90. The van der Waals surface area contributed by atoms with Gasteiger partial charge < -0.3 is 0 Å². The molecule has 0 saturated carbocycles. The SMILES string of the molecule is CC1=C/C(C2=NC=CC3C2=CC=C2C(F)=CC=CC23)=C\CC/C(C)=C\1. The van der Waals surface area contributed by atoms with Crippen molar-refractivity contribution < 1.29 is 4.39 Å². The fourth-order valence-electron chi connectivity index (χ4n) is 4.02. The number of nitrogens with zero attached hydrogens (tertiary/aromatic N) is 1. The molecule has 126 valence electrons. The molecule has 0 aromatic rings. The molecule has 0 amide bonds. The number of fused-ring (bicyclic) bond motifs is 3. The first-order valence-corrected chi connectivity index (χ1v) is 8.90. The van der Waals surface area contributed by atoms with Crippen molar-refractivity contribution in [2.75, 3.05) is 0 Å². The molecule has 0 saturated heterocycles. The Bertz CT molecular complexity index is 881. The van der Waals surface area contributed by atoms with Gasteiger partial charge in [-0.25, -0.2) is 4.39 Å². The number of allylic oxidation sites excluding steroid dienone is 15. The smallest absolute Gasteiger partial charge is 0.127 e. The molecule has 1 aliphatic heterocycles. The van der Waals surface area contributed by atoms with Gasteiger partial charge in [0.1, 0.15) is 5.83 Å². The van der Waals surface area contributed by atoms with Crippen molar-refractivity contribution in [1.82, 2.24) is 0 Å². The minimum absolute atomic E-state index is 0.0631. The summed E-state index contributed by atoms with van der Waals surface area (Å²) in [7, 11) is 0. The molecule has 2 atom stereocenters. The maximum atomic E-state index is 14.1. The second-order valence-corrected chi connectivity index (χ2v) is 7.09. The van der Waals surface area contributed by atoms with Crippen LogP contribution in [-0.4, -0.2) is 5.71 Å². The summed E-state index contributed by atoms with van der Waals surface area (Å²) in [5.74, 6) is 0.0930. The standard InChI is InChI=1S/C23H22FN/c1-15-5-3-6-17(14-16(2)13-15)23-21-10-9-20-18(7-4-8-22(20)24)19(21)11-12-25-23/h4,6-14,18-19H,3,5H2,1-2H3/b15-13-,16-14-,17-6+. The molecule has 25 heavy (non-hydrogen) atoms. The van der Waals surface area contributed by atoms with Crippen LogP contribution in [0.25, 0.3) is 0 Å². The third kappa shape index (κ3) is 2.97. The number of hydrogen-bond acceptors (Lipinski definition) is 1. The molecule has 0 fully saturated rings. The minimum Gasteiger partial charge on any atom is -0.256 e. The van der Waals surface area contributed by atoms with Gasteiger partial charge in [-0.1, -0.05) is 59.8 Å². The molecule has 1 nitrogen and oxygen atoms in total. The largest absolute Gasteiger partial charge is 0.256 e. The van der Waals surface area contributed by atoms with Gasteiger partial charge in [-0.2, -0.15) is 0 Å². The summed E-state index contributed by atoms with van der Waals surface area (Å²) in [5, 5.41) is 0. The Labute approximate surface area is 148 Å². The van der Waals surface area contributed by atoms with Gasteiger partial charge >= 0.3 is 0 Å². The van der Waals surface area contributed by atoms with E-state index >= 15 is 0 Å². The van der Waals surface area contributed by atoms with Crippen LogP contribution in [0.4, 0.5) is 4.39 Å². The zero-order valence-corrected chi connectivity index (χ0v) is 14.7. The van der Waals surface area contributed by atoms with E-state index in [1.807, 2.05) is 18.4 Å². The van der Waals surface area contributed by atoms with E-state index in [1.54, 1.807) is 6.08 Å². The van der Waals surface area contributed by atoms with E-state index in [9.17, 15) is 4.39 Å². The number of rotatable bonds is 1. The highest BCUT2D eigenvalue weighted by Gasteiger charge is 2.34. The average molecular weight is 331 g/mol.